The van der Waals surface area contributed by atoms with Crippen LogP contribution in [0, 0.1) is 0 Å². The molecule has 4 aromatic rings. The number of aromatic nitrogens is 2. The summed E-state index contributed by atoms with van der Waals surface area (Å²) in [6, 6.07) is 9.42. The Morgan fingerprint density at radius 3 is 2.67 bits per heavy atom. The first-order valence-electron chi connectivity index (χ1n) is 7.91. The lowest BCUT2D eigenvalue weighted by molar-refractivity contribution is 0.407. The molecule has 0 amide bonds. The van der Waals surface area contributed by atoms with Crippen molar-refractivity contribution < 1.29 is 21.8 Å². The van der Waals surface area contributed by atoms with Gasteiger partial charge in [-0.05, 0) is 24.3 Å². The third-order valence-electron chi connectivity index (χ3n) is 4.06. The highest BCUT2D eigenvalue weighted by Gasteiger charge is 2.20. The lowest BCUT2D eigenvalue weighted by atomic mass is 10.3. The van der Waals surface area contributed by atoms with E-state index in [2.05, 4.69) is 5.16 Å². The fraction of sp³-hybridized carbons (Fsp3) is 0.176. The van der Waals surface area contributed by atoms with Gasteiger partial charge < -0.3 is 13.4 Å². The van der Waals surface area contributed by atoms with Crippen LogP contribution < -0.4 is 5.76 Å². The number of hydrogen-bond donors (Lipinski definition) is 0. The summed E-state index contributed by atoms with van der Waals surface area (Å²) in [5, 5.41) is 3.94. The number of fused-ring (bicyclic) bond motifs is 1. The summed E-state index contributed by atoms with van der Waals surface area (Å²) in [4.78, 5) is 12.3. The lowest BCUT2D eigenvalue weighted by Crippen LogP contribution is -2.22. The molecule has 10 heteroatoms. The van der Waals surface area contributed by atoms with Gasteiger partial charge in [0.25, 0.3) is 0 Å². The Balaban J connectivity index is 1.71. The number of sulfonamides is 1. The Labute approximate surface area is 153 Å². The molecule has 0 fully saturated rings. The minimum atomic E-state index is -3.63. The van der Waals surface area contributed by atoms with Gasteiger partial charge in [0.1, 0.15) is 5.69 Å². The van der Waals surface area contributed by atoms with Gasteiger partial charge >= 0.3 is 5.76 Å². The highest BCUT2D eigenvalue weighted by atomic mass is 32.2. The van der Waals surface area contributed by atoms with Crippen LogP contribution in [0.3, 0.4) is 0 Å². The average Bonchev–Trinajstić information content (AvgIpc) is 3.35. The summed E-state index contributed by atoms with van der Waals surface area (Å²) in [5.41, 5.74) is 1.13. The van der Waals surface area contributed by atoms with Crippen molar-refractivity contribution in [3.63, 3.8) is 0 Å². The monoisotopic (exact) mass is 389 g/mol. The van der Waals surface area contributed by atoms with Crippen molar-refractivity contribution in [2.75, 3.05) is 14.1 Å². The maximum absolute atomic E-state index is 12.2. The number of hydrogen-bond acceptors (Lipinski definition) is 7. The predicted octanol–water partition coefficient (Wildman–Crippen LogP) is 2.14. The van der Waals surface area contributed by atoms with Crippen molar-refractivity contribution in [1.29, 1.82) is 0 Å². The smallest absolute Gasteiger partial charge is 0.420 e. The number of benzene rings is 1. The molecular weight excluding hydrogens is 374 g/mol. The second-order valence-electron chi connectivity index (χ2n) is 6.03. The van der Waals surface area contributed by atoms with E-state index < -0.39 is 15.8 Å². The van der Waals surface area contributed by atoms with Gasteiger partial charge in [0.2, 0.25) is 15.8 Å². The van der Waals surface area contributed by atoms with E-state index in [4.69, 9.17) is 13.4 Å². The number of furan rings is 1. The highest BCUT2D eigenvalue weighted by molar-refractivity contribution is 7.89. The second kappa shape index (κ2) is 6.25. The van der Waals surface area contributed by atoms with Gasteiger partial charge in [-0.25, -0.2) is 17.5 Å². The van der Waals surface area contributed by atoms with Crippen molar-refractivity contribution in [3.8, 4) is 11.5 Å². The van der Waals surface area contributed by atoms with E-state index in [1.807, 2.05) is 0 Å². The Kier molecular flexibility index (Phi) is 4.01. The number of rotatable bonds is 5. The number of oxazole rings is 1. The largest absolute Gasteiger partial charge is 0.461 e. The van der Waals surface area contributed by atoms with Crippen LogP contribution in [0.2, 0.25) is 0 Å². The molecule has 140 valence electrons. The Bertz CT molecular complexity index is 1260. The molecule has 3 heterocycles. The molecule has 27 heavy (non-hydrogen) atoms. The quantitative estimate of drug-likeness (QED) is 0.514. The first-order chi connectivity index (χ1) is 12.9. The van der Waals surface area contributed by atoms with Crippen LogP contribution in [0.5, 0.6) is 0 Å². The number of nitrogens with zero attached hydrogens (tertiary/aromatic N) is 3. The van der Waals surface area contributed by atoms with Gasteiger partial charge in [-0.2, -0.15) is 0 Å². The highest BCUT2D eigenvalue weighted by Crippen LogP contribution is 2.23. The van der Waals surface area contributed by atoms with Gasteiger partial charge in [0.15, 0.2) is 11.3 Å². The van der Waals surface area contributed by atoms with Crippen LogP contribution in [0.4, 0.5) is 0 Å². The molecule has 0 radical (unpaired) electrons. The molecule has 3 aromatic heterocycles. The van der Waals surface area contributed by atoms with Crippen molar-refractivity contribution in [2.45, 2.75) is 11.4 Å². The van der Waals surface area contributed by atoms with E-state index in [1.165, 1.54) is 43.1 Å². The standard InChI is InChI=1S/C17H15N3O6S/c1-19(2)27(22,23)12-5-6-13-15(9-12)25-17(21)20(13)10-11-8-16(26-18-11)14-4-3-7-24-14/h3-9H,10H2,1-2H3. The zero-order valence-corrected chi connectivity index (χ0v) is 15.3. The SMILES string of the molecule is CN(C)S(=O)(=O)c1ccc2c(c1)oc(=O)n2Cc1cc(-c2ccco2)on1. The summed E-state index contributed by atoms with van der Waals surface area (Å²) in [6.45, 7) is 0.107. The van der Waals surface area contributed by atoms with E-state index in [0.717, 1.165) is 4.31 Å². The summed E-state index contributed by atoms with van der Waals surface area (Å²) in [6.07, 6.45) is 1.52. The molecule has 0 bridgehead atoms. The van der Waals surface area contributed by atoms with Gasteiger partial charge in [-0.1, -0.05) is 5.16 Å². The van der Waals surface area contributed by atoms with Crippen molar-refractivity contribution in [2.24, 2.45) is 0 Å². The maximum Gasteiger partial charge on any atom is 0.420 e. The molecule has 0 atom stereocenters. The molecule has 0 saturated heterocycles. The zero-order valence-electron chi connectivity index (χ0n) is 14.4. The van der Waals surface area contributed by atoms with Gasteiger partial charge in [-0.3, -0.25) is 4.57 Å². The average molecular weight is 389 g/mol. The minimum Gasteiger partial charge on any atom is -0.461 e. The molecule has 0 spiro atoms. The van der Waals surface area contributed by atoms with E-state index in [1.54, 1.807) is 18.2 Å². The fourth-order valence-electron chi connectivity index (χ4n) is 2.65. The van der Waals surface area contributed by atoms with Crippen LogP contribution >= 0.6 is 0 Å². The predicted molar refractivity (Wildman–Crippen MR) is 94.7 cm³/mol. The molecule has 0 aliphatic heterocycles. The first kappa shape index (κ1) is 17.3. The Morgan fingerprint density at radius 1 is 1.15 bits per heavy atom. The summed E-state index contributed by atoms with van der Waals surface area (Å²) in [5.74, 6) is 0.346. The van der Waals surface area contributed by atoms with Crippen LogP contribution in [-0.4, -0.2) is 36.5 Å². The molecule has 4 rings (SSSR count). The second-order valence-corrected chi connectivity index (χ2v) is 8.18. The summed E-state index contributed by atoms with van der Waals surface area (Å²) >= 11 is 0. The van der Waals surface area contributed by atoms with Crippen molar-refractivity contribution in [3.05, 3.63) is 58.9 Å². The first-order valence-corrected chi connectivity index (χ1v) is 9.35. The molecule has 0 aliphatic rings. The molecule has 9 nitrogen and oxygen atoms in total. The topological polar surface area (TPSA) is 112 Å². The van der Waals surface area contributed by atoms with E-state index in [0.29, 0.717) is 22.7 Å². The molecular formula is C17H15N3O6S. The summed E-state index contributed by atoms with van der Waals surface area (Å²) < 4.78 is 42.6. The molecule has 0 N–H and O–H groups in total. The zero-order chi connectivity index (χ0) is 19.2. The third-order valence-corrected chi connectivity index (χ3v) is 5.87. The van der Waals surface area contributed by atoms with Crippen LogP contribution in [-0.2, 0) is 16.6 Å². The molecule has 1 aromatic carbocycles. The van der Waals surface area contributed by atoms with Crippen molar-refractivity contribution in [1.82, 2.24) is 14.0 Å². The van der Waals surface area contributed by atoms with Gasteiger partial charge in [-0.15, -0.1) is 0 Å². The lowest BCUT2D eigenvalue weighted by Gasteiger charge is -2.10. The maximum atomic E-state index is 12.2. The van der Waals surface area contributed by atoms with Gasteiger partial charge in [0, 0.05) is 26.2 Å². The Hall–Kier alpha value is -3.11. The summed E-state index contributed by atoms with van der Waals surface area (Å²) in [7, 11) is -0.763. The minimum absolute atomic E-state index is 0.0439. The normalized spacial score (nSPS) is 12.3. The van der Waals surface area contributed by atoms with Crippen LogP contribution in [0.1, 0.15) is 5.69 Å². The fourth-order valence-corrected chi connectivity index (χ4v) is 3.57. The Morgan fingerprint density at radius 2 is 1.96 bits per heavy atom. The van der Waals surface area contributed by atoms with Crippen LogP contribution in [0.25, 0.3) is 22.6 Å². The molecule has 0 aliphatic carbocycles. The molecule has 0 unspecified atom stereocenters. The van der Waals surface area contributed by atoms with Gasteiger partial charge in [0.05, 0.1) is 23.2 Å². The molecule has 0 saturated carbocycles. The van der Waals surface area contributed by atoms with Crippen LogP contribution in [0.15, 0.2) is 65.7 Å². The van der Waals surface area contributed by atoms with Crippen molar-refractivity contribution >= 4 is 21.1 Å². The van der Waals surface area contributed by atoms with E-state index >= 15 is 0 Å². The van der Waals surface area contributed by atoms with E-state index in [9.17, 15) is 13.2 Å². The third kappa shape index (κ3) is 2.98. The van der Waals surface area contributed by atoms with E-state index in [-0.39, 0.29) is 17.0 Å².